The smallest absolute Gasteiger partial charge is 0.316 e. The van der Waals surface area contributed by atoms with Crippen molar-refractivity contribution in [3.05, 3.63) is 29.8 Å². The first kappa shape index (κ1) is 11.4. The summed E-state index contributed by atoms with van der Waals surface area (Å²) in [6, 6.07) is 6.57. The van der Waals surface area contributed by atoms with Crippen molar-refractivity contribution < 1.29 is 14.7 Å². The van der Waals surface area contributed by atoms with E-state index in [1.807, 2.05) is 12.1 Å². The fraction of sp³-hybridized carbons (Fsp3) is 0.333. The molecule has 0 bridgehead atoms. The maximum atomic E-state index is 10.8. The molecule has 0 unspecified atom stereocenters. The van der Waals surface area contributed by atoms with Crippen LogP contribution in [0.4, 0.5) is 10.5 Å². The molecule has 1 fully saturated rings. The fourth-order valence-electron chi connectivity index (χ4n) is 2.06. The molecule has 0 spiro atoms. The molecule has 0 atom stereocenters. The first-order chi connectivity index (χ1) is 8.02. The van der Waals surface area contributed by atoms with Gasteiger partial charge >= 0.3 is 12.0 Å². The first-order valence-electron chi connectivity index (χ1n) is 5.41. The number of carbonyl (C=O) groups is 2. The van der Waals surface area contributed by atoms with Gasteiger partial charge in [0.1, 0.15) is 0 Å². The number of amides is 2. The zero-order valence-electron chi connectivity index (χ0n) is 9.27. The van der Waals surface area contributed by atoms with Gasteiger partial charge in [0.25, 0.3) is 0 Å². The van der Waals surface area contributed by atoms with Gasteiger partial charge in [-0.05, 0) is 30.5 Å². The summed E-state index contributed by atoms with van der Waals surface area (Å²) in [6.45, 7) is 0. The van der Waals surface area contributed by atoms with Crippen LogP contribution in [0.2, 0.25) is 0 Å². The average molecular weight is 234 g/mol. The summed E-state index contributed by atoms with van der Waals surface area (Å²) in [4.78, 5) is 21.4. The van der Waals surface area contributed by atoms with Gasteiger partial charge in [-0.25, -0.2) is 4.79 Å². The Morgan fingerprint density at radius 1 is 1.29 bits per heavy atom. The number of aliphatic carboxylic acids is 1. The zero-order chi connectivity index (χ0) is 12.5. The number of primary amides is 1. The third-order valence-corrected chi connectivity index (χ3v) is 3.11. The lowest BCUT2D eigenvalue weighted by molar-refractivity contribution is -0.137. The van der Waals surface area contributed by atoms with Gasteiger partial charge in [0.15, 0.2) is 0 Å². The van der Waals surface area contributed by atoms with Gasteiger partial charge in [-0.15, -0.1) is 0 Å². The van der Waals surface area contributed by atoms with E-state index in [1.54, 1.807) is 12.1 Å². The van der Waals surface area contributed by atoms with E-state index < -0.39 is 12.0 Å². The van der Waals surface area contributed by atoms with Crippen molar-refractivity contribution in [2.75, 3.05) is 5.32 Å². The highest BCUT2D eigenvalue weighted by Gasteiger charge is 2.45. The van der Waals surface area contributed by atoms with E-state index in [4.69, 9.17) is 10.8 Å². The zero-order valence-corrected chi connectivity index (χ0v) is 9.27. The van der Waals surface area contributed by atoms with Crippen LogP contribution in [0, 0.1) is 0 Å². The second-order valence-electron chi connectivity index (χ2n) is 4.42. The number of nitrogens with one attached hydrogen (secondary N) is 1. The summed E-state index contributed by atoms with van der Waals surface area (Å²) in [7, 11) is 0. The highest BCUT2D eigenvalue weighted by atomic mass is 16.4. The highest BCUT2D eigenvalue weighted by molar-refractivity contribution is 5.87. The Kier molecular flexibility index (Phi) is 2.75. The maximum Gasteiger partial charge on any atom is 0.316 e. The van der Waals surface area contributed by atoms with Crippen molar-refractivity contribution in [2.24, 2.45) is 5.73 Å². The van der Waals surface area contributed by atoms with Gasteiger partial charge in [-0.2, -0.15) is 0 Å². The molecule has 0 aromatic heterocycles. The van der Waals surface area contributed by atoms with Crippen LogP contribution in [-0.2, 0) is 10.2 Å². The van der Waals surface area contributed by atoms with E-state index in [0.717, 1.165) is 18.4 Å². The number of nitrogens with two attached hydrogens (primary N) is 1. The molecule has 0 radical (unpaired) electrons. The number of carbonyl (C=O) groups excluding carboxylic acids is 1. The molecule has 1 aliphatic rings. The quantitative estimate of drug-likeness (QED) is 0.740. The van der Waals surface area contributed by atoms with E-state index >= 15 is 0 Å². The second-order valence-corrected chi connectivity index (χ2v) is 4.42. The SMILES string of the molecule is NC(=O)Nc1ccc(C2(CC(=O)O)CC2)cc1. The third-order valence-electron chi connectivity index (χ3n) is 3.11. The number of rotatable bonds is 4. The molecule has 0 aliphatic heterocycles. The largest absolute Gasteiger partial charge is 0.481 e. The summed E-state index contributed by atoms with van der Waals surface area (Å²) in [5.41, 5.74) is 6.43. The first-order valence-corrected chi connectivity index (χ1v) is 5.41. The topological polar surface area (TPSA) is 92.4 Å². The lowest BCUT2D eigenvalue weighted by atomic mass is 9.92. The minimum Gasteiger partial charge on any atom is -0.481 e. The molecule has 90 valence electrons. The maximum absolute atomic E-state index is 10.8. The molecule has 0 heterocycles. The number of benzene rings is 1. The van der Waals surface area contributed by atoms with E-state index in [1.165, 1.54) is 0 Å². The Hall–Kier alpha value is -2.04. The molecule has 4 N–H and O–H groups in total. The average Bonchev–Trinajstić information content (AvgIpc) is 2.98. The van der Waals surface area contributed by atoms with E-state index in [-0.39, 0.29) is 11.8 Å². The minimum absolute atomic E-state index is 0.162. The summed E-state index contributed by atoms with van der Waals surface area (Å²) in [5.74, 6) is -0.776. The fourth-order valence-corrected chi connectivity index (χ4v) is 2.06. The monoisotopic (exact) mass is 234 g/mol. The Morgan fingerprint density at radius 3 is 2.29 bits per heavy atom. The number of carboxylic acids is 1. The molecular formula is C12H14N2O3. The van der Waals surface area contributed by atoms with Gasteiger partial charge in [0.05, 0.1) is 6.42 Å². The van der Waals surface area contributed by atoms with Crippen LogP contribution in [0.15, 0.2) is 24.3 Å². The van der Waals surface area contributed by atoms with Crippen molar-refractivity contribution in [1.82, 2.24) is 0 Å². The molecule has 1 aromatic carbocycles. The number of carboxylic acid groups (broad SMARTS) is 1. The number of urea groups is 1. The lowest BCUT2D eigenvalue weighted by Gasteiger charge is -2.13. The molecule has 1 saturated carbocycles. The predicted octanol–water partition coefficient (Wildman–Crippen LogP) is 1.68. The van der Waals surface area contributed by atoms with Crippen molar-refractivity contribution in [1.29, 1.82) is 0 Å². The van der Waals surface area contributed by atoms with Crippen molar-refractivity contribution in [3.8, 4) is 0 Å². The normalized spacial score (nSPS) is 16.2. The van der Waals surface area contributed by atoms with Gasteiger partial charge in [0, 0.05) is 11.1 Å². The van der Waals surface area contributed by atoms with Gasteiger partial charge < -0.3 is 16.2 Å². The number of anilines is 1. The number of hydrogen-bond donors (Lipinski definition) is 3. The molecule has 2 rings (SSSR count). The second kappa shape index (κ2) is 4.08. The minimum atomic E-state index is -0.776. The summed E-state index contributed by atoms with van der Waals surface area (Å²) < 4.78 is 0. The van der Waals surface area contributed by atoms with Crippen molar-refractivity contribution in [2.45, 2.75) is 24.7 Å². The van der Waals surface area contributed by atoms with Gasteiger partial charge in [-0.1, -0.05) is 12.1 Å². The standard InChI is InChI=1S/C12H14N2O3/c13-11(17)14-9-3-1-8(2-4-9)12(5-6-12)7-10(15)16/h1-4H,5-7H2,(H,15,16)(H3,13,14,17). The lowest BCUT2D eigenvalue weighted by Crippen LogP contribution is -2.19. The van der Waals surface area contributed by atoms with Crippen LogP contribution in [-0.4, -0.2) is 17.1 Å². The molecule has 17 heavy (non-hydrogen) atoms. The Labute approximate surface area is 98.6 Å². The van der Waals surface area contributed by atoms with Crippen LogP contribution in [0.5, 0.6) is 0 Å². The highest BCUT2D eigenvalue weighted by Crippen LogP contribution is 2.51. The molecule has 5 heteroatoms. The van der Waals surface area contributed by atoms with Crippen molar-refractivity contribution in [3.63, 3.8) is 0 Å². The Bertz CT molecular complexity index is 449. The van der Waals surface area contributed by atoms with Gasteiger partial charge in [0.2, 0.25) is 0 Å². The molecule has 2 amide bonds. The van der Waals surface area contributed by atoms with E-state index in [9.17, 15) is 9.59 Å². The summed E-state index contributed by atoms with van der Waals surface area (Å²) in [5, 5.41) is 11.3. The van der Waals surface area contributed by atoms with Crippen LogP contribution in [0.25, 0.3) is 0 Å². The summed E-state index contributed by atoms with van der Waals surface area (Å²) >= 11 is 0. The third kappa shape index (κ3) is 2.55. The molecule has 1 aliphatic carbocycles. The molecule has 1 aromatic rings. The van der Waals surface area contributed by atoms with Crippen LogP contribution in [0.1, 0.15) is 24.8 Å². The predicted molar refractivity (Wildman–Crippen MR) is 62.8 cm³/mol. The Morgan fingerprint density at radius 2 is 1.88 bits per heavy atom. The van der Waals surface area contributed by atoms with Crippen LogP contribution in [0.3, 0.4) is 0 Å². The summed E-state index contributed by atoms with van der Waals surface area (Å²) in [6.07, 6.45) is 1.97. The van der Waals surface area contributed by atoms with E-state index in [0.29, 0.717) is 5.69 Å². The van der Waals surface area contributed by atoms with E-state index in [2.05, 4.69) is 5.32 Å². The van der Waals surface area contributed by atoms with Crippen LogP contribution >= 0.6 is 0 Å². The van der Waals surface area contributed by atoms with Crippen molar-refractivity contribution >= 4 is 17.7 Å². The Balaban J connectivity index is 2.13. The van der Waals surface area contributed by atoms with Gasteiger partial charge in [-0.3, -0.25) is 4.79 Å². The van der Waals surface area contributed by atoms with Crippen LogP contribution < -0.4 is 11.1 Å². The molecule has 0 saturated heterocycles. The number of hydrogen-bond acceptors (Lipinski definition) is 2. The molecule has 5 nitrogen and oxygen atoms in total. The molecular weight excluding hydrogens is 220 g/mol.